The molecule has 0 aromatic carbocycles. The second-order valence-electron chi connectivity index (χ2n) is 5.19. The van der Waals surface area contributed by atoms with E-state index in [2.05, 4.69) is 0 Å². The van der Waals surface area contributed by atoms with Crippen molar-refractivity contribution in [2.75, 3.05) is 0 Å². The van der Waals surface area contributed by atoms with E-state index in [1.54, 1.807) is 22.3 Å². The maximum absolute atomic E-state index is 10.5. The van der Waals surface area contributed by atoms with Gasteiger partial charge in [0.25, 0.3) is 0 Å². The minimum Gasteiger partial charge on any atom is -1.00 e. The van der Waals surface area contributed by atoms with Crippen molar-refractivity contribution < 1.29 is 52.5 Å². The average molecular weight is 337 g/mol. The predicted molar refractivity (Wildman–Crippen MR) is 61.9 cm³/mol. The smallest absolute Gasteiger partial charge is 1.00 e. The molecule has 3 rings (SSSR count). The van der Waals surface area contributed by atoms with E-state index >= 15 is 0 Å². The quantitative estimate of drug-likeness (QED) is 0.428. The Balaban J connectivity index is 0.000000902. The van der Waals surface area contributed by atoms with Gasteiger partial charge in [0.2, 0.25) is 0 Å². The minimum absolute atomic E-state index is 0. The summed E-state index contributed by atoms with van der Waals surface area (Å²) < 4.78 is 5.77. The van der Waals surface area contributed by atoms with Gasteiger partial charge in [0.15, 0.2) is 0 Å². The van der Waals surface area contributed by atoms with Crippen LogP contribution in [0.2, 0.25) is 4.22 Å². The van der Waals surface area contributed by atoms with Crippen LogP contribution in [-0.4, -0.2) is 6.47 Å². The first-order valence-electron chi connectivity index (χ1n) is 6.71. The van der Waals surface area contributed by atoms with E-state index in [9.17, 15) is 4.79 Å². The molecule has 19 heavy (non-hydrogen) atoms. The number of hydrogen-bond donors (Lipinski definition) is 0. The normalized spacial score (nSPS) is 21.7. The van der Waals surface area contributed by atoms with E-state index in [1.807, 2.05) is 0 Å². The second kappa shape index (κ2) is 7.88. The van der Waals surface area contributed by atoms with E-state index in [0.29, 0.717) is 10.7 Å². The molecule has 0 N–H and O–H groups in total. The van der Waals surface area contributed by atoms with Gasteiger partial charge < -0.3 is 24.8 Å². The number of allylic oxidation sites excluding steroid dienone is 4. The van der Waals surface area contributed by atoms with Gasteiger partial charge in [-0.2, -0.15) is 0 Å². The molecule has 5 heteroatoms. The van der Waals surface area contributed by atoms with Crippen LogP contribution >= 0.6 is 0 Å². The number of fused-ring (bicyclic) bond motifs is 1. The molecule has 2 nitrogen and oxygen atoms in total. The molecule has 0 aromatic rings. The first kappa shape index (κ1) is 17.3. The summed E-state index contributed by atoms with van der Waals surface area (Å²) in [5, 5.41) is 0. The van der Waals surface area contributed by atoms with Gasteiger partial charge in [-0.25, -0.2) is 0 Å². The van der Waals surface area contributed by atoms with Gasteiger partial charge in [-0.05, 0) is 0 Å². The summed E-state index contributed by atoms with van der Waals surface area (Å²) in [5.74, 6) is 0. The summed E-state index contributed by atoms with van der Waals surface area (Å²) in [4.78, 5) is 10.5. The fourth-order valence-electron chi connectivity index (χ4n) is 3.63. The van der Waals surface area contributed by atoms with Crippen molar-refractivity contribution in [2.45, 2.75) is 55.6 Å². The van der Waals surface area contributed by atoms with Gasteiger partial charge in [0.05, 0.1) is 0 Å². The molecular formula is C14H18Cl2O2Ti. The minimum atomic E-state index is -0.596. The van der Waals surface area contributed by atoms with E-state index in [1.165, 1.54) is 51.4 Å². The van der Waals surface area contributed by atoms with Crippen LogP contribution in [0.15, 0.2) is 22.3 Å². The number of carbonyl (C=O) groups excluding carboxylic acids is 1. The molecule has 0 atom stereocenters. The fourth-order valence-corrected chi connectivity index (χ4v) is 5.37. The Hall–Kier alpha value is 0.244. The molecule has 0 heterocycles. The van der Waals surface area contributed by atoms with Crippen molar-refractivity contribution in [3.63, 3.8) is 0 Å². The zero-order valence-corrected chi connectivity index (χ0v) is 14.0. The van der Waals surface area contributed by atoms with Crippen LogP contribution in [0.4, 0.5) is 0 Å². The number of halogens is 2. The topological polar surface area (TPSA) is 26.3 Å². The Bertz CT molecular complexity index is 372. The third kappa shape index (κ3) is 3.29. The molecule has 3 aliphatic rings. The van der Waals surface area contributed by atoms with Gasteiger partial charge in [-0.1, -0.05) is 0 Å². The van der Waals surface area contributed by atoms with E-state index < -0.39 is 19.5 Å². The SMILES string of the molecule is O=C[O][Ti+2][CH]1C2=C(CCCC2)C2=C1CCCC2.[Cl-].[Cl-]. The molecule has 0 unspecified atom stereocenters. The first-order chi connectivity index (χ1) is 8.42. The number of hydrogen-bond acceptors (Lipinski definition) is 2. The maximum Gasteiger partial charge on any atom is -1.00 e. The maximum atomic E-state index is 10.5. The van der Waals surface area contributed by atoms with Crippen molar-refractivity contribution >= 4 is 6.47 Å². The van der Waals surface area contributed by atoms with Crippen molar-refractivity contribution in [3.05, 3.63) is 22.3 Å². The third-order valence-electron chi connectivity index (χ3n) is 4.32. The van der Waals surface area contributed by atoms with Crippen molar-refractivity contribution in [2.24, 2.45) is 0 Å². The van der Waals surface area contributed by atoms with Crippen LogP contribution in [0.3, 0.4) is 0 Å². The predicted octanol–water partition coefficient (Wildman–Crippen LogP) is -2.29. The van der Waals surface area contributed by atoms with Crippen LogP contribution in [0.25, 0.3) is 0 Å². The average Bonchev–Trinajstić information content (AvgIpc) is 2.71. The van der Waals surface area contributed by atoms with Gasteiger partial charge in [-0.15, -0.1) is 0 Å². The first-order valence-corrected chi connectivity index (χ1v) is 8.24. The Morgan fingerprint density at radius 1 is 0.895 bits per heavy atom. The van der Waals surface area contributed by atoms with E-state index in [0.717, 1.165) is 0 Å². The van der Waals surface area contributed by atoms with Crippen molar-refractivity contribution in [1.82, 2.24) is 0 Å². The molecule has 0 aromatic heterocycles. The summed E-state index contributed by atoms with van der Waals surface area (Å²) >= 11 is -0.596. The fraction of sp³-hybridized carbons (Fsp3) is 0.643. The molecular weight excluding hydrogens is 319 g/mol. The van der Waals surface area contributed by atoms with Gasteiger partial charge in [-0.3, -0.25) is 0 Å². The number of rotatable bonds is 3. The van der Waals surface area contributed by atoms with Gasteiger partial charge in [0, 0.05) is 0 Å². The molecule has 104 valence electrons. The van der Waals surface area contributed by atoms with Crippen LogP contribution in [0.5, 0.6) is 0 Å². The summed E-state index contributed by atoms with van der Waals surface area (Å²) in [6.07, 6.45) is 10.5. The summed E-state index contributed by atoms with van der Waals surface area (Å²) in [6, 6.07) is 0. The molecule has 0 fully saturated rings. The molecule has 0 spiro atoms. The molecule has 0 aliphatic heterocycles. The van der Waals surface area contributed by atoms with Crippen LogP contribution in [0, 0.1) is 0 Å². The van der Waals surface area contributed by atoms with E-state index in [-0.39, 0.29) is 24.8 Å². The second-order valence-corrected chi connectivity index (χ2v) is 6.82. The zero-order valence-electron chi connectivity index (χ0n) is 10.9. The monoisotopic (exact) mass is 336 g/mol. The molecule has 3 aliphatic carbocycles. The van der Waals surface area contributed by atoms with Crippen molar-refractivity contribution in [1.29, 1.82) is 0 Å². The van der Waals surface area contributed by atoms with Crippen molar-refractivity contribution in [3.8, 4) is 0 Å². The van der Waals surface area contributed by atoms with Crippen LogP contribution in [0.1, 0.15) is 51.4 Å². The summed E-state index contributed by atoms with van der Waals surface area (Å²) in [6.45, 7) is 0.657. The van der Waals surface area contributed by atoms with Crippen LogP contribution in [-0.2, 0) is 27.7 Å². The molecule has 0 saturated heterocycles. The van der Waals surface area contributed by atoms with E-state index in [4.69, 9.17) is 3.32 Å². The standard InChI is InChI=1S/C13H17.CH2O2.2ClH.Ti/c1-3-7-12-10(5-1)9-11-6-2-4-8-13(11)12;2-1-3;;;/h9H,1-8H2;1H,(H,2,3);2*1H;/q;;;;+3/p-3. The molecule has 0 bridgehead atoms. The van der Waals surface area contributed by atoms with Crippen LogP contribution < -0.4 is 24.8 Å². The third-order valence-corrected chi connectivity index (χ3v) is 6.14. The number of carbonyl (C=O) groups is 1. The summed E-state index contributed by atoms with van der Waals surface area (Å²) in [7, 11) is 0. The summed E-state index contributed by atoms with van der Waals surface area (Å²) in [5.41, 5.74) is 6.72. The van der Waals surface area contributed by atoms with Gasteiger partial charge in [0.1, 0.15) is 0 Å². The Morgan fingerprint density at radius 2 is 1.37 bits per heavy atom. The largest absolute Gasteiger partial charge is 1.00 e. The molecule has 0 saturated carbocycles. The van der Waals surface area contributed by atoms with Gasteiger partial charge >= 0.3 is 112 Å². The Kier molecular flexibility index (Phi) is 7.17. The molecule has 0 radical (unpaired) electrons. The zero-order chi connectivity index (χ0) is 11.7. The Labute approximate surface area is 136 Å². The Morgan fingerprint density at radius 3 is 1.84 bits per heavy atom. The molecule has 0 amide bonds.